The van der Waals surface area contributed by atoms with Crippen LogP contribution in [0.15, 0.2) is 18.2 Å². The second-order valence-electron chi connectivity index (χ2n) is 7.15. The molecule has 1 aromatic heterocycles. The van der Waals surface area contributed by atoms with E-state index in [9.17, 15) is 4.79 Å². The number of ether oxygens (including phenoxy) is 2. The summed E-state index contributed by atoms with van der Waals surface area (Å²) in [4.78, 5) is 13.7. The molecule has 0 bridgehead atoms. The summed E-state index contributed by atoms with van der Waals surface area (Å²) < 4.78 is 10.5. The lowest BCUT2D eigenvalue weighted by atomic mass is 9.78. The van der Waals surface area contributed by atoms with Crippen molar-refractivity contribution in [3.63, 3.8) is 0 Å². The van der Waals surface area contributed by atoms with Crippen LogP contribution in [0.2, 0.25) is 0 Å². The smallest absolute Gasteiger partial charge is 0.243 e. The number of carbonyl (C=O) groups excluding carboxylic acids is 1. The maximum Gasteiger partial charge on any atom is 0.243 e. The van der Waals surface area contributed by atoms with Crippen molar-refractivity contribution < 1.29 is 14.3 Å². The van der Waals surface area contributed by atoms with E-state index in [1.54, 1.807) is 26.4 Å². The topological polar surface area (TPSA) is 91.2 Å². The average Bonchev–Trinajstić information content (AvgIpc) is 3.13. The molecule has 1 fully saturated rings. The quantitative estimate of drug-likeness (QED) is 0.835. The molecule has 1 aromatic carbocycles. The SMILES string of the molecule is COc1ccc(-c2nnn(CC(=O)N[C@@H]3CCC[C@@H](C)[C@H]3C)n2)cc1OC. The van der Waals surface area contributed by atoms with Gasteiger partial charge < -0.3 is 14.8 Å². The second kappa shape index (κ2) is 8.37. The van der Waals surface area contributed by atoms with Gasteiger partial charge in [-0.25, -0.2) is 0 Å². The first-order chi connectivity index (χ1) is 13.0. The Bertz CT molecular complexity index is 791. The zero-order chi connectivity index (χ0) is 19.4. The molecule has 1 N–H and O–H groups in total. The number of hydrogen-bond acceptors (Lipinski definition) is 6. The Hall–Kier alpha value is -2.64. The molecule has 0 radical (unpaired) electrons. The number of nitrogens with zero attached hydrogens (tertiary/aromatic N) is 4. The fourth-order valence-electron chi connectivity index (χ4n) is 3.57. The molecule has 1 heterocycles. The average molecular weight is 373 g/mol. The summed E-state index contributed by atoms with van der Waals surface area (Å²) in [5.74, 6) is 2.67. The molecule has 3 atom stereocenters. The molecule has 0 unspecified atom stereocenters. The third-order valence-corrected chi connectivity index (χ3v) is 5.43. The largest absolute Gasteiger partial charge is 0.493 e. The zero-order valence-electron chi connectivity index (χ0n) is 16.3. The number of hydrogen-bond donors (Lipinski definition) is 1. The van der Waals surface area contributed by atoms with Gasteiger partial charge in [0.2, 0.25) is 11.7 Å². The van der Waals surface area contributed by atoms with Gasteiger partial charge >= 0.3 is 0 Å². The Labute approximate surface area is 159 Å². The van der Waals surface area contributed by atoms with Gasteiger partial charge in [0.25, 0.3) is 0 Å². The maximum atomic E-state index is 12.4. The summed E-state index contributed by atoms with van der Waals surface area (Å²) in [7, 11) is 3.15. The van der Waals surface area contributed by atoms with Crippen LogP contribution in [0.25, 0.3) is 11.4 Å². The molecule has 0 spiro atoms. The number of methoxy groups -OCH3 is 2. The minimum absolute atomic E-state index is 0.0535. The Kier molecular flexibility index (Phi) is 5.93. The van der Waals surface area contributed by atoms with Gasteiger partial charge in [0.1, 0.15) is 6.54 Å². The summed E-state index contributed by atoms with van der Waals surface area (Å²) in [5, 5.41) is 15.5. The number of benzene rings is 1. The van der Waals surface area contributed by atoms with Crippen molar-refractivity contribution >= 4 is 5.91 Å². The molecule has 1 saturated carbocycles. The van der Waals surface area contributed by atoms with Gasteiger partial charge in [-0.15, -0.1) is 10.2 Å². The molecule has 8 heteroatoms. The second-order valence-corrected chi connectivity index (χ2v) is 7.15. The molecular weight excluding hydrogens is 346 g/mol. The van der Waals surface area contributed by atoms with Gasteiger partial charge in [-0.05, 0) is 41.7 Å². The molecule has 0 saturated heterocycles. The number of carbonyl (C=O) groups is 1. The molecule has 3 rings (SSSR count). The monoisotopic (exact) mass is 373 g/mol. The lowest BCUT2D eigenvalue weighted by Crippen LogP contribution is -2.45. The van der Waals surface area contributed by atoms with E-state index in [1.807, 2.05) is 6.07 Å². The summed E-state index contributed by atoms with van der Waals surface area (Å²) in [6, 6.07) is 5.61. The fraction of sp³-hybridized carbons (Fsp3) is 0.579. The number of tetrazole rings is 1. The third-order valence-electron chi connectivity index (χ3n) is 5.43. The van der Waals surface area contributed by atoms with Crippen LogP contribution in [0, 0.1) is 11.8 Å². The van der Waals surface area contributed by atoms with E-state index in [0.29, 0.717) is 29.2 Å². The van der Waals surface area contributed by atoms with Crippen molar-refractivity contribution in [1.82, 2.24) is 25.5 Å². The number of amides is 1. The maximum absolute atomic E-state index is 12.4. The Morgan fingerprint density at radius 3 is 2.74 bits per heavy atom. The van der Waals surface area contributed by atoms with E-state index < -0.39 is 0 Å². The molecule has 2 aromatic rings. The van der Waals surface area contributed by atoms with Crippen LogP contribution < -0.4 is 14.8 Å². The van der Waals surface area contributed by atoms with Crippen molar-refractivity contribution in [2.24, 2.45) is 11.8 Å². The van der Waals surface area contributed by atoms with Gasteiger partial charge in [0, 0.05) is 11.6 Å². The van der Waals surface area contributed by atoms with Crippen LogP contribution in [-0.2, 0) is 11.3 Å². The highest BCUT2D eigenvalue weighted by Gasteiger charge is 2.28. The molecular formula is C19H27N5O3. The molecule has 8 nitrogen and oxygen atoms in total. The normalized spacial score (nSPS) is 22.3. The van der Waals surface area contributed by atoms with Crippen molar-refractivity contribution in [3.05, 3.63) is 18.2 Å². The Morgan fingerprint density at radius 1 is 1.22 bits per heavy atom. The summed E-state index contributed by atoms with van der Waals surface area (Å²) in [6.07, 6.45) is 3.41. The van der Waals surface area contributed by atoms with Gasteiger partial charge in [-0.3, -0.25) is 4.79 Å². The molecule has 27 heavy (non-hydrogen) atoms. The van der Waals surface area contributed by atoms with Gasteiger partial charge in [-0.1, -0.05) is 26.7 Å². The van der Waals surface area contributed by atoms with E-state index in [4.69, 9.17) is 9.47 Å². The lowest BCUT2D eigenvalue weighted by molar-refractivity contribution is -0.123. The highest BCUT2D eigenvalue weighted by atomic mass is 16.5. The number of rotatable bonds is 6. The predicted molar refractivity (Wildman–Crippen MR) is 100 cm³/mol. The first-order valence-electron chi connectivity index (χ1n) is 9.31. The first kappa shape index (κ1) is 19.1. The lowest BCUT2D eigenvalue weighted by Gasteiger charge is -2.34. The van der Waals surface area contributed by atoms with Crippen LogP contribution >= 0.6 is 0 Å². The van der Waals surface area contributed by atoms with E-state index in [0.717, 1.165) is 18.4 Å². The summed E-state index contributed by atoms with van der Waals surface area (Å²) in [5.41, 5.74) is 0.744. The van der Waals surface area contributed by atoms with Crippen molar-refractivity contribution in [1.29, 1.82) is 0 Å². The number of aromatic nitrogens is 4. The van der Waals surface area contributed by atoms with E-state index in [-0.39, 0.29) is 18.5 Å². The molecule has 1 amide bonds. The van der Waals surface area contributed by atoms with Gasteiger partial charge in [0.15, 0.2) is 11.5 Å². The van der Waals surface area contributed by atoms with Crippen LogP contribution in [0.3, 0.4) is 0 Å². The van der Waals surface area contributed by atoms with Crippen LogP contribution in [-0.4, -0.2) is 46.4 Å². The van der Waals surface area contributed by atoms with Gasteiger partial charge in [-0.2, -0.15) is 4.80 Å². The Morgan fingerprint density at radius 2 is 2.00 bits per heavy atom. The summed E-state index contributed by atoms with van der Waals surface area (Å²) in [6.45, 7) is 4.51. The molecule has 146 valence electrons. The third kappa shape index (κ3) is 4.37. The minimum Gasteiger partial charge on any atom is -0.493 e. The highest BCUT2D eigenvalue weighted by Crippen LogP contribution is 2.31. The summed E-state index contributed by atoms with van der Waals surface area (Å²) >= 11 is 0. The predicted octanol–water partition coefficient (Wildman–Crippen LogP) is 2.30. The fourth-order valence-corrected chi connectivity index (χ4v) is 3.57. The van der Waals surface area contributed by atoms with Crippen LogP contribution in [0.4, 0.5) is 0 Å². The van der Waals surface area contributed by atoms with E-state index >= 15 is 0 Å². The van der Waals surface area contributed by atoms with Crippen LogP contribution in [0.1, 0.15) is 33.1 Å². The zero-order valence-corrected chi connectivity index (χ0v) is 16.3. The molecule has 1 aliphatic carbocycles. The van der Waals surface area contributed by atoms with E-state index in [2.05, 4.69) is 34.6 Å². The van der Waals surface area contributed by atoms with Gasteiger partial charge in [0.05, 0.1) is 14.2 Å². The molecule has 1 aliphatic rings. The highest BCUT2D eigenvalue weighted by molar-refractivity contribution is 5.76. The minimum atomic E-state index is -0.0859. The van der Waals surface area contributed by atoms with Crippen molar-refractivity contribution in [2.45, 2.75) is 45.7 Å². The van der Waals surface area contributed by atoms with E-state index in [1.165, 1.54) is 11.2 Å². The molecule has 0 aliphatic heterocycles. The van der Waals surface area contributed by atoms with Crippen LogP contribution in [0.5, 0.6) is 11.5 Å². The number of nitrogens with one attached hydrogen (secondary N) is 1. The Balaban J connectivity index is 1.65. The van der Waals surface area contributed by atoms with Crippen molar-refractivity contribution in [3.8, 4) is 22.9 Å². The van der Waals surface area contributed by atoms with Crippen molar-refractivity contribution in [2.75, 3.05) is 14.2 Å². The first-order valence-corrected chi connectivity index (χ1v) is 9.31. The standard InChI is InChI=1S/C19H27N5O3/c1-12-6-5-7-15(13(12)2)20-18(25)11-24-22-19(21-23-24)14-8-9-16(26-3)17(10-14)27-4/h8-10,12-13,15H,5-7,11H2,1-4H3,(H,20,25)/t12-,13-,15-/m1/s1.